The second-order valence-corrected chi connectivity index (χ2v) is 4.72. The summed E-state index contributed by atoms with van der Waals surface area (Å²) in [5.41, 5.74) is 1.02. The number of benzene rings is 1. The van der Waals surface area contributed by atoms with Gasteiger partial charge in [0.05, 0.1) is 0 Å². The van der Waals surface area contributed by atoms with E-state index in [2.05, 4.69) is 33.2 Å². The summed E-state index contributed by atoms with van der Waals surface area (Å²) in [6.45, 7) is 2.87. The molecule has 1 aromatic carbocycles. The number of nitrogens with zero attached hydrogens (tertiary/aromatic N) is 1. The van der Waals surface area contributed by atoms with Gasteiger partial charge in [-0.25, -0.2) is 4.39 Å². The Hall–Kier alpha value is -0.450. The number of nitrogens with one attached hydrogen (secondary N) is 1. The molecule has 0 aliphatic carbocycles. The highest BCUT2D eigenvalue weighted by atomic mass is 79.9. The third-order valence-electron chi connectivity index (χ3n) is 2.83. The van der Waals surface area contributed by atoms with E-state index in [1.54, 1.807) is 12.1 Å². The maximum absolute atomic E-state index is 13.2. The van der Waals surface area contributed by atoms with E-state index in [0.717, 1.165) is 29.7 Å². The van der Waals surface area contributed by atoms with Crippen LogP contribution in [0.25, 0.3) is 0 Å². The minimum atomic E-state index is -0.174. The van der Waals surface area contributed by atoms with Crippen LogP contribution in [0.1, 0.15) is 11.6 Å². The summed E-state index contributed by atoms with van der Waals surface area (Å²) in [6.07, 6.45) is 0. The monoisotopic (exact) mass is 272 g/mol. The zero-order chi connectivity index (χ0) is 10.8. The van der Waals surface area contributed by atoms with Gasteiger partial charge in [0.1, 0.15) is 5.82 Å². The highest BCUT2D eigenvalue weighted by Crippen LogP contribution is 2.28. The van der Waals surface area contributed by atoms with E-state index in [1.807, 2.05) is 0 Å². The minimum Gasteiger partial charge on any atom is -0.314 e. The zero-order valence-electron chi connectivity index (χ0n) is 8.63. The van der Waals surface area contributed by atoms with Gasteiger partial charge in [-0.15, -0.1) is 0 Å². The molecule has 2 nitrogen and oxygen atoms in total. The van der Waals surface area contributed by atoms with Crippen molar-refractivity contribution in [2.45, 2.75) is 6.04 Å². The van der Waals surface area contributed by atoms with Crippen LogP contribution in [0, 0.1) is 5.82 Å². The van der Waals surface area contributed by atoms with E-state index in [0.29, 0.717) is 0 Å². The summed E-state index contributed by atoms with van der Waals surface area (Å²) in [5.74, 6) is -0.174. The molecule has 82 valence electrons. The molecule has 1 heterocycles. The van der Waals surface area contributed by atoms with Gasteiger partial charge in [0.15, 0.2) is 0 Å². The topological polar surface area (TPSA) is 15.3 Å². The SMILES string of the molecule is CN1CCNCC1c1cc(F)ccc1Br. The first-order valence-electron chi connectivity index (χ1n) is 5.04. The van der Waals surface area contributed by atoms with E-state index < -0.39 is 0 Å². The Labute approximate surface area is 97.6 Å². The fourth-order valence-corrected chi connectivity index (χ4v) is 2.43. The van der Waals surface area contributed by atoms with Gasteiger partial charge in [0, 0.05) is 30.1 Å². The molecule has 1 saturated heterocycles. The normalized spacial score (nSPS) is 23.0. The Balaban J connectivity index is 2.30. The summed E-state index contributed by atoms with van der Waals surface area (Å²) < 4.78 is 14.1. The number of piperazine rings is 1. The average molecular weight is 273 g/mol. The molecule has 1 N–H and O–H groups in total. The number of rotatable bonds is 1. The molecule has 1 aromatic rings. The minimum absolute atomic E-state index is 0.174. The van der Waals surface area contributed by atoms with E-state index in [9.17, 15) is 4.39 Å². The first-order valence-corrected chi connectivity index (χ1v) is 5.83. The Morgan fingerprint density at radius 2 is 2.33 bits per heavy atom. The third kappa shape index (κ3) is 2.38. The molecule has 0 spiro atoms. The van der Waals surface area contributed by atoms with Crippen LogP contribution in [-0.4, -0.2) is 31.6 Å². The van der Waals surface area contributed by atoms with Gasteiger partial charge in [-0.1, -0.05) is 15.9 Å². The van der Waals surface area contributed by atoms with E-state index in [4.69, 9.17) is 0 Å². The highest BCUT2D eigenvalue weighted by molar-refractivity contribution is 9.10. The van der Waals surface area contributed by atoms with Crippen molar-refractivity contribution in [2.75, 3.05) is 26.7 Å². The summed E-state index contributed by atoms with van der Waals surface area (Å²) in [6, 6.07) is 5.11. The maximum atomic E-state index is 13.2. The molecular weight excluding hydrogens is 259 g/mol. The van der Waals surface area contributed by atoms with Crippen LogP contribution in [0.5, 0.6) is 0 Å². The van der Waals surface area contributed by atoms with Crippen molar-refractivity contribution in [3.05, 3.63) is 34.1 Å². The molecule has 1 atom stereocenters. The molecule has 0 aromatic heterocycles. The van der Waals surface area contributed by atoms with Gasteiger partial charge in [-0.05, 0) is 30.8 Å². The fraction of sp³-hybridized carbons (Fsp3) is 0.455. The van der Waals surface area contributed by atoms with E-state index in [1.165, 1.54) is 6.07 Å². The lowest BCUT2D eigenvalue weighted by Gasteiger charge is -2.33. The summed E-state index contributed by atoms with van der Waals surface area (Å²) in [4.78, 5) is 2.25. The summed E-state index contributed by atoms with van der Waals surface area (Å²) in [7, 11) is 2.07. The van der Waals surface area contributed by atoms with Crippen molar-refractivity contribution < 1.29 is 4.39 Å². The molecule has 4 heteroatoms. The fourth-order valence-electron chi connectivity index (χ4n) is 1.92. The lowest BCUT2D eigenvalue weighted by Crippen LogP contribution is -2.43. The maximum Gasteiger partial charge on any atom is 0.123 e. The summed E-state index contributed by atoms with van der Waals surface area (Å²) in [5, 5.41) is 3.33. The molecule has 0 amide bonds. The van der Waals surface area contributed by atoms with Gasteiger partial charge in [-0.3, -0.25) is 4.90 Å². The van der Waals surface area contributed by atoms with E-state index >= 15 is 0 Å². The van der Waals surface area contributed by atoms with Gasteiger partial charge in [0.2, 0.25) is 0 Å². The Kier molecular flexibility index (Phi) is 3.38. The van der Waals surface area contributed by atoms with Crippen LogP contribution < -0.4 is 5.32 Å². The number of halogens is 2. The first kappa shape index (κ1) is 11.0. The number of likely N-dealkylation sites (N-methyl/N-ethyl adjacent to an activating group) is 1. The van der Waals surface area contributed by atoms with Crippen molar-refractivity contribution in [1.82, 2.24) is 10.2 Å². The Morgan fingerprint density at radius 3 is 3.07 bits per heavy atom. The molecule has 1 aliphatic heterocycles. The smallest absolute Gasteiger partial charge is 0.123 e. The lowest BCUT2D eigenvalue weighted by atomic mass is 10.0. The zero-order valence-corrected chi connectivity index (χ0v) is 10.2. The number of hydrogen-bond acceptors (Lipinski definition) is 2. The molecule has 0 saturated carbocycles. The van der Waals surface area contributed by atoms with Crippen molar-refractivity contribution in [3.63, 3.8) is 0 Å². The molecule has 0 bridgehead atoms. The van der Waals surface area contributed by atoms with E-state index in [-0.39, 0.29) is 11.9 Å². The quantitative estimate of drug-likeness (QED) is 0.843. The summed E-state index contributed by atoms with van der Waals surface area (Å²) >= 11 is 3.47. The van der Waals surface area contributed by atoms with Gasteiger partial charge in [0.25, 0.3) is 0 Å². The molecular formula is C11H14BrFN2. The van der Waals surface area contributed by atoms with Crippen LogP contribution in [0.2, 0.25) is 0 Å². The number of hydrogen-bond donors (Lipinski definition) is 1. The van der Waals surface area contributed by atoms with Crippen molar-refractivity contribution in [2.24, 2.45) is 0 Å². The van der Waals surface area contributed by atoms with Crippen LogP contribution >= 0.6 is 15.9 Å². The highest BCUT2D eigenvalue weighted by Gasteiger charge is 2.22. The average Bonchev–Trinajstić information content (AvgIpc) is 2.23. The second-order valence-electron chi connectivity index (χ2n) is 3.87. The van der Waals surface area contributed by atoms with Gasteiger partial charge >= 0.3 is 0 Å². The third-order valence-corrected chi connectivity index (χ3v) is 3.55. The van der Waals surface area contributed by atoms with Crippen LogP contribution in [0.3, 0.4) is 0 Å². The Morgan fingerprint density at radius 1 is 1.53 bits per heavy atom. The second kappa shape index (κ2) is 4.60. The Bertz CT molecular complexity index is 356. The predicted octanol–water partition coefficient (Wildman–Crippen LogP) is 2.16. The van der Waals surface area contributed by atoms with Gasteiger partial charge < -0.3 is 5.32 Å². The molecule has 15 heavy (non-hydrogen) atoms. The van der Waals surface area contributed by atoms with Crippen molar-refractivity contribution in [3.8, 4) is 0 Å². The largest absolute Gasteiger partial charge is 0.314 e. The molecule has 1 fully saturated rings. The standard InChI is InChI=1S/C11H14BrFN2/c1-15-5-4-14-7-11(15)9-6-8(13)2-3-10(9)12/h2-3,6,11,14H,4-5,7H2,1H3. The van der Waals surface area contributed by atoms with Crippen LogP contribution in [-0.2, 0) is 0 Å². The molecule has 1 unspecified atom stereocenters. The van der Waals surface area contributed by atoms with Crippen LogP contribution in [0.4, 0.5) is 4.39 Å². The van der Waals surface area contributed by atoms with Gasteiger partial charge in [-0.2, -0.15) is 0 Å². The molecule has 1 aliphatic rings. The van der Waals surface area contributed by atoms with Crippen LogP contribution in [0.15, 0.2) is 22.7 Å². The molecule has 2 rings (SSSR count). The predicted molar refractivity (Wildman–Crippen MR) is 62.3 cm³/mol. The van der Waals surface area contributed by atoms with Crippen molar-refractivity contribution >= 4 is 15.9 Å². The lowest BCUT2D eigenvalue weighted by molar-refractivity contribution is 0.201. The van der Waals surface area contributed by atoms with Crippen molar-refractivity contribution in [1.29, 1.82) is 0 Å². The first-order chi connectivity index (χ1) is 7.18. The molecule has 0 radical (unpaired) electrons.